The average Bonchev–Trinajstić information content (AvgIpc) is 2.48. The Kier molecular flexibility index (Phi) is 5.12. The Bertz CT molecular complexity index is 656. The monoisotopic (exact) mass is 332 g/mol. The Morgan fingerprint density at radius 2 is 1.95 bits per heavy atom. The first-order valence-electron chi connectivity index (χ1n) is 7.00. The van der Waals surface area contributed by atoms with Crippen LogP contribution in [0.4, 0.5) is 8.78 Å². The van der Waals surface area contributed by atoms with Gasteiger partial charge in [0.05, 0.1) is 0 Å². The number of nitrogens with zero attached hydrogens (tertiary/aromatic N) is 1. The summed E-state index contributed by atoms with van der Waals surface area (Å²) < 4.78 is 53.1. The smallest absolute Gasteiger partial charge is 0.243 e. The normalized spacial score (nSPS) is 16.8. The van der Waals surface area contributed by atoms with E-state index in [-0.39, 0.29) is 18.4 Å². The molecule has 1 amide bonds. The molecule has 1 aromatic carbocycles. The van der Waals surface area contributed by atoms with Gasteiger partial charge in [-0.25, -0.2) is 21.9 Å². The van der Waals surface area contributed by atoms with Crippen molar-refractivity contribution in [1.29, 1.82) is 0 Å². The molecule has 1 aromatic rings. The lowest BCUT2D eigenvalue weighted by Gasteiger charge is -2.31. The van der Waals surface area contributed by atoms with Crippen molar-refractivity contribution < 1.29 is 22.0 Å². The van der Waals surface area contributed by atoms with Crippen LogP contribution in [0.3, 0.4) is 0 Å². The van der Waals surface area contributed by atoms with Crippen molar-refractivity contribution in [3.63, 3.8) is 0 Å². The molecule has 1 fully saturated rings. The molecule has 1 heterocycles. The standard InChI is InChI=1S/C14H18F2N2O3S/c1-10(19)18-7-5-11(6-8-18)9-17-22(20,21)13-4-2-3-12(15)14(13)16/h2-4,11,17H,5-9H2,1H3. The third-order valence-electron chi connectivity index (χ3n) is 3.83. The van der Waals surface area contributed by atoms with Crippen LogP contribution in [0.25, 0.3) is 0 Å². The first-order valence-corrected chi connectivity index (χ1v) is 8.49. The minimum atomic E-state index is -4.09. The molecule has 1 N–H and O–H groups in total. The van der Waals surface area contributed by atoms with Crippen molar-refractivity contribution >= 4 is 15.9 Å². The first-order chi connectivity index (χ1) is 10.3. The number of benzene rings is 1. The van der Waals surface area contributed by atoms with Crippen LogP contribution in [-0.4, -0.2) is 38.9 Å². The van der Waals surface area contributed by atoms with E-state index >= 15 is 0 Å². The van der Waals surface area contributed by atoms with Gasteiger partial charge in [0.2, 0.25) is 15.9 Å². The molecule has 0 bridgehead atoms. The summed E-state index contributed by atoms with van der Waals surface area (Å²) in [6, 6.07) is 3.04. The highest BCUT2D eigenvalue weighted by molar-refractivity contribution is 7.89. The van der Waals surface area contributed by atoms with E-state index in [1.54, 1.807) is 4.90 Å². The fourth-order valence-electron chi connectivity index (χ4n) is 2.45. The van der Waals surface area contributed by atoms with Crippen molar-refractivity contribution in [2.45, 2.75) is 24.7 Å². The van der Waals surface area contributed by atoms with Crippen LogP contribution in [0.15, 0.2) is 23.1 Å². The van der Waals surface area contributed by atoms with E-state index in [9.17, 15) is 22.0 Å². The highest BCUT2D eigenvalue weighted by Gasteiger charge is 2.25. The number of hydrogen-bond acceptors (Lipinski definition) is 3. The minimum absolute atomic E-state index is 0.000799. The summed E-state index contributed by atoms with van der Waals surface area (Å²) >= 11 is 0. The van der Waals surface area contributed by atoms with Crippen molar-refractivity contribution in [3.05, 3.63) is 29.8 Å². The van der Waals surface area contributed by atoms with Gasteiger partial charge in [-0.1, -0.05) is 6.07 Å². The van der Waals surface area contributed by atoms with Gasteiger partial charge in [-0.05, 0) is 30.9 Å². The lowest BCUT2D eigenvalue weighted by Crippen LogP contribution is -2.40. The summed E-state index contributed by atoms with van der Waals surface area (Å²) in [5.74, 6) is -2.50. The third-order valence-corrected chi connectivity index (χ3v) is 5.27. The molecule has 0 aliphatic carbocycles. The number of rotatable bonds is 4. The zero-order valence-corrected chi connectivity index (χ0v) is 13.0. The molecule has 0 aromatic heterocycles. The molecule has 2 rings (SSSR count). The lowest BCUT2D eigenvalue weighted by molar-refractivity contribution is -0.130. The Hall–Kier alpha value is -1.54. The average molecular weight is 332 g/mol. The van der Waals surface area contributed by atoms with Crippen molar-refractivity contribution in [2.24, 2.45) is 5.92 Å². The number of piperidine rings is 1. The molecule has 5 nitrogen and oxygen atoms in total. The van der Waals surface area contributed by atoms with Gasteiger partial charge in [0, 0.05) is 26.6 Å². The molecule has 22 heavy (non-hydrogen) atoms. The zero-order chi connectivity index (χ0) is 16.3. The number of sulfonamides is 1. The zero-order valence-electron chi connectivity index (χ0n) is 12.2. The molecule has 0 unspecified atom stereocenters. The molecular formula is C14H18F2N2O3S. The molecule has 8 heteroatoms. The second kappa shape index (κ2) is 6.70. The Labute approximate surface area is 128 Å². The largest absolute Gasteiger partial charge is 0.343 e. The molecule has 0 radical (unpaired) electrons. The highest BCUT2D eigenvalue weighted by atomic mass is 32.2. The van der Waals surface area contributed by atoms with Crippen molar-refractivity contribution in [3.8, 4) is 0 Å². The van der Waals surface area contributed by atoms with Gasteiger partial charge in [0.25, 0.3) is 0 Å². The van der Waals surface area contributed by atoms with Gasteiger partial charge in [-0.3, -0.25) is 4.79 Å². The summed E-state index contributed by atoms with van der Waals surface area (Å²) in [6.45, 7) is 2.80. The quantitative estimate of drug-likeness (QED) is 0.909. The predicted octanol–water partition coefficient (Wildman–Crippen LogP) is 1.50. The number of halogens is 2. The number of carbonyl (C=O) groups excluding carboxylic acids is 1. The fraction of sp³-hybridized carbons (Fsp3) is 0.500. The molecule has 0 spiro atoms. The summed E-state index contributed by atoms with van der Waals surface area (Å²) in [5, 5.41) is 0. The molecule has 1 saturated heterocycles. The summed E-state index contributed by atoms with van der Waals surface area (Å²) in [4.78, 5) is 12.2. The van der Waals surface area contributed by atoms with Crippen LogP contribution < -0.4 is 4.72 Å². The summed E-state index contributed by atoms with van der Waals surface area (Å²) in [7, 11) is -4.09. The molecule has 1 aliphatic heterocycles. The molecular weight excluding hydrogens is 314 g/mol. The Morgan fingerprint density at radius 1 is 1.32 bits per heavy atom. The van der Waals surface area contributed by atoms with E-state index < -0.39 is 26.6 Å². The van der Waals surface area contributed by atoms with E-state index in [0.29, 0.717) is 25.9 Å². The SMILES string of the molecule is CC(=O)N1CCC(CNS(=O)(=O)c2cccc(F)c2F)CC1. The van der Waals surface area contributed by atoms with Crippen LogP contribution in [0, 0.1) is 17.6 Å². The summed E-state index contributed by atoms with van der Waals surface area (Å²) in [6.07, 6.45) is 1.35. The van der Waals surface area contributed by atoms with Gasteiger partial charge in [0.15, 0.2) is 11.6 Å². The number of hydrogen-bond donors (Lipinski definition) is 1. The van der Waals surface area contributed by atoms with Crippen molar-refractivity contribution in [1.82, 2.24) is 9.62 Å². The number of carbonyl (C=O) groups is 1. The van der Waals surface area contributed by atoms with E-state index in [0.717, 1.165) is 18.2 Å². The minimum Gasteiger partial charge on any atom is -0.343 e. The second-order valence-electron chi connectivity index (χ2n) is 5.35. The number of likely N-dealkylation sites (tertiary alicyclic amines) is 1. The Morgan fingerprint density at radius 3 is 2.55 bits per heavy atom. The van der Waals surface area contributed by atoms with Gasteiger partial charge in [-0.2, -0.15) is 0 Å². The van der Waals surface area contributed by atoms with Crippen LogP contribution >= 0.6 is 0 Å². The first kappa shape index (κ1) is 16.8. The highest BCUT2D eigenvalue weighted by Crippen LogP contribution is 2.19. The van der Waals surface area contributed by atoms with Crippen LogP contribution in [0.2, 0.25) is 0 Å². The third kappa shape index (κ3) is 3.80. The number of amides is 1. The molecule has 0 atom stereocenters. The second-order valence-corrected chi connectivity index (χ2v) is 7.09. The van der Waals surface area contributed by atoms with Gasteiger partial charge in [0.1, 0.15) is 4.90 Å². The molecule has 1 aliphatic rings. The summed E-state index contributed by atoms with van der Waals surface area (Å²) in [5.41, 5.74) is 0. The van der Waals surface area contributed by atoms with E-state index in [4.69, 9.17) is 0 Å². The van der Waals surface area contributed by atoms with Gasteiger partial charge in [-0.15, -0.1) is 0 Å². The van der Waals surface area contributed by atoms with Crippen LogP contribution in [0.1, 0.15) is 19.8 Å². The topological polar surface area (TPSA) is 66.5 Å². The number of nitrogens with one attached hydrogen (secondary N) is 1. The lowest BCUT2D eigenvalue weighted by atomic mass is 9.97. The van der Waals surface area contributed by atoms with Crippen LogP contribution in [-0.2, 0) is 14.8 Å². The molecule has 122 valence electrons. The van der Waals surface area contributed by atoms with Crippen molar-refractivity contribution in [2.75, 3.05) is 19.6 Å². The maximum atomic E-state index is 13.6. The van der Waals surface area contributed by atoms with E-state index in [1.165, 1.54) is 6.92 Å². The maximum absolute atomic E-state index is 13.6. The fourth-order valence-corrected chi connectivity index (χ4v) is 3.65. The predicted molar refractivity (Wildman–Crippen MR) is 76.5 cm³/mol. The van der Waals surface area contributed by atoms with Gasteiger partial charge >= 0.3 is 0 Å². The van der Waals surface area contributed by atoms with E-state index in [2.05, 4.69) is 4.72 Å². The maximum Gasteiger partial charge on any atom is 0.243 e. The van der Waals surface area contributed by atoms with Crippen LogP contribution in [0.5, 0.6) is 0 Å². The Balaban J connectivity index is 1.97. The molecule has 0 saturated carbocycles. The van der Waals surface area contributed by atoms with Gasteiger partial charge < -0.3 is 4.90 Å². The van der Waals surface area contributed by atoms with E-state index in [1.807, 2.05) is 0 Å².